The third-order valence-corrected chi connectivity index (χ3v) is 6.51. The smallest absolute Gasteiger partial charge is 0.231 e. The monoisotopic (exact) mass is 441 g/mol. The Morgan fingerprint density at radius 3 is 3.00 bits per heavy atom. The molecule has 3 aliphatic heterocycles. The van der Waals surface area contributed by atoms with E-state index in [2.05, 4.69) is 44.0 Å². The zero-order valence-corrected chi connectivity index (χ0v) is 18.6. The molecular formula is C23H31N5O4. The van der Waals surface area contributed by atoms with Gasteiger partial charge in [0.15, 0.2) is 17.3 Å². The Labute approximate surface area is 188 Å². The van der Waals surface area contributed by atoms with Crippen molar-refractivity contribution in [3.8, 4) is 11.5 Å². The summed E-state index contributed by atoms with van der Waals surface area (Å²) in [6.07, 6.45) is 2.67. The van der Waals surface area contributed by atoms with E-state index in [9.17, 15) is 4.79 Å². The number of fused-ring (bicyclic) bond motifs is 2. The number of nitrogens with zero attached hydrogens (tertiary/aromatic N) is 4. The molecule has 0 saturated carbocycles. The number of hydrogen-bond donors (Lipinski definition) is 1. The van der Waals surface area contributed by atoms with E-state index in [0.717, 1.165) is 68.6 Å². The van der Waals surface area contributed by atoms with Crippen LogP contribution in [0.4, 0.5) is 0 Å². The first kappa shape index (κ1) is 21.2. The topological polar surface area (TPSA) is 90.7 Å². The molecule has 9 heteroatoms. The van der Waals surface area contributed by atoms with Gasteiger partial charge in [0.1, 0.15) is 5.82 Å². The molecule has 0 bridgehead atoms. The van der Waals surface area contributed by atoms with Gasteiger partial charge in [-0.15, -0.1) is 10.2 Å². The lowest BCUT2D eigenvalue weighted by molar-refractivity contribution is -0.125. The molecular weight excluding hydrogens is 410 g/mol. The Morgan fingerprint density at radius 1 is 1.22 bits per heavy atom. The van der Waals surface area contributed by atoms with Gasteiger partial charge in [-0.05, 0) is 36.5 Å². The number of rotatable bonds is 7. The predicted molar refractivity (Wildman–Crippen MR) is 116 cm³/mol. The molecule has 1 saturated heterocycles. The van der Waals surface area contributed by atoms with E-state index in [1.807, 2.05) is 6.07 Å². The lowest BCUT2D eigenvalue weighted by Gasteiger charge is -2.24. The number of hydrogen-bond acceptors (Lipinski definition) is 7. The quantitative estimate of drug-likeness (QED) is 0.694. The van der Waals surface area contributed by atoms with Gasteiger partial charge in [-0.2, -0.15) is 0 Å². The molecule has 1 aromatic carbocycles. The van der Waals surface area contributed by atoms with Crippen molar-refractivity contribution >= 4 is 5.91 Å². The fourth-order valence-electron chi connectivity index (χ4n) is 4.77. The number of carbonyl (C=O) groups is 1. The van der Waals surface area contributed by atoms with Crippen LogP contribution in [0.3, 0.4) is 0 Å². The number of nitrogens with one attached hydrogen (secondary N) is 1. The van der Waals surface area contributed by atoms with Crippen LogP contribution in [0.15, 0.2) is 18.2 Å². The normalized spacial score (nSPS) is 21.2. The van der Waals surface area contributed by atoms with Gasteiger partial charge in [0.05, 0.1) is 19.1 Å². The van der Waals surface area contributed by atoms with Crippen LogP contribution in [0.2, 0.25) is 0 Å². The Kier molecular flexibility index (Phi) is 6.27. The number of carbonyl (C=O) groups excluding carboxylic acids is 1. The van der Waals surface area contributed by atoms with Crippen molar-refractivity contribution in [3.05, 3.63) is 35.4 Å². The highest BCUT2D eigenvalue weighted by molar-refractivity contribution is 5.78. The molecule has 1 fully saturated rings. The van der Waals surface area contributed by atoms with Crippen molar-refractivity contribution in [1.29, 1.82) is 0 Å². The largest absolute Gasteiger partial charge is 0.454 e. The summed E-state index contributed by atoms with van der Waals surface area (Å²) in [6, 6.07) is 6.23. The van der Waals surface area contributed by atoms with Gasteiger partial charge in [-0.1, -0.05) is 13.0 Å². The summed E-state index contributed by atoms with van der Waals surface area (Å²) in [5, 5.41) is 11.7. The molecule has 1 N–H and O–H groups in total. The zero-order valence-electron chi connectivity index (χ0n) is 18.6. The first-order valence-corrected chi connectivity index (χ1v) is 11.5. The number of amides is 1. The Morgan fingerprint density at radius 2 is 2.12 bits per heavy atom. The molecule has 0 spiro atoms. The van der Waals surface area contributed by atoms with Crippen LogP contribution in [0.1, 0.15) is 30.6 Å². The minimum absolute atomic E-state index is 0.0386. The van der Waals surface area contributed by atoms with Gasteiger partial charge in [-0.3, -0.25) is 4.79 Å². The highest BCUT2D eigenvalue weighted by Crippen LogP contribution is 2.33. The fraction of sp³-hybridized carbons (Fsp3) is 0.609. The SMILES string of the molecule is CC(Cc1ccc2c(c1)OCO2)CN1CCc2nnc(CNC(=O)C3CCOC3)n2CC1. The van der Waals surface area contributed by atoms with Gasteiger partial charge in [0, 0.05) is 39.2 Å². The molecule has 4 heterocycles. The average molecular weight is 442 g/mol. The Hall–Kier alpha value is -2.65. The van der Waals surface area contributed by atoms with Crippen LogP contribution >= 0.6 is 0 Å². The summed E-state index contributed by atoms with van der Waals surface area (Å²) in [7, 11) is 0. The van der Waals surface area contributed by atoms with E-state index in [0.29, 0.717) is 32.5 Å². The Bertz CT molecular complexity index is 956. The average Bonchev–Trinajstić information content (AvgIpc) is 3.53. The summed E-state index contributed by atoms with van der Waals surface area (Å²) in [5.41, 5.74) is 1.28. The minimum atomic E-state index is -0.0386. The van der Waals surface area contributed by atoms with Crippen LogP contribution in [0, 0.1) is 11.8 Å². The summed E-state index contributed by atoms with van der Waals surface area (Å²) in [5.74, 6) is 4.05. The fourth-order valence-corrected chi connectivity index (χ4v) is 4.77. The molecule has 0 radical (unpaired) electrons. The van der Waals surface area contributed by atoms with Crippen LogP contribution in [-0.2, 0) is 35.5 Å². The van der Waals surface area contributed by atoms with Gasteiger partial charge in [0.2, 0.25) is 12.7 Å². The van der Waals surface area contributed by atoms with Crippen molar-refractivity contribution in [2.24, 2.45) is 11.8 Å². The maximum Gasteiger partial charge on any atom is 0.231 e. The van der Waals surface area contributed by atoms with Gasteiger partial charge >= 0.3 is 0 Å². The molecule has 2 unspecified atom stereocenters. The number of benzene rings is 1. The maximum atomic E-state index is 12.3. The van der Waals surface area contributed by atoms with Gasteiger partial charge in [0.25, 0.3) is 0 Å². The second-order valence-corrected chi connectivity index (χ2v) is 9.01. The second kappa shape index (κ2) is 9.46. The van der Waals surface area contributed by atoms with Crippen molar-refractivity contribution in [2.45, 2.75) is 39.3 Å². The Balaban J connectivity index is 1.12. The zero-order chi connectivity index (χ0) is 21.9. The molecule has 2 aromatic rings. The third-order valence-electron chi connectivity index (χ3n) is 6.51. The molecule has 3 aliphatic rings. The van der Waals surface area contributed by atoms with Crippen molar-refractivity contribution in [3.63, 3.8) is 0 Å². The van der Waals surface area contributed by atoms with Crippen LogP contribution in [0.25, 0.3) is 0 Å². The van der Waals surface area contributed by atoms with E-state index >= 15 is 0 Å². The van der Waals surface area contributed by atoms with Gasteiger partial charge < -0.3 is 29.0 Å². The summed E-state index contributed by atoms with van der Waals surface area (Å²) < 4.78 is 18.4. The maximum absolute atomic E-state index is 12.3. The highest BCUT2D eigenvalue weighted by atomic mass is 16.7. The summed E-state index contributed by atoms with van der Waals surface area (Å²) in [6.45, 7) is 8.00. The van der Waals surface area contributed by atoms with Crippen molar-refractivity contribution in [1.82, 2.24) is 25.0 Å². The van der Waals surface area contributed by atoms with Crippen LogP contribution in [-0.4, -0.2) is 65.2 Å². The van der Waals surface area contributed by atoms with E-state index in [1.54, 1.807) is 0 Å². The lowest BCUT2D eigenvalue weighted by Crippen LogP contribution is -2.33. The lowest BCUT2D eigenvalue weighted by atomic mass is 10.00. The molecule has 5 rings (SSSR count). The molecule has 0 aliphatic carbocycles. The molecule has 172 valence electrons. The summed E-state index contributed by atoms with van der Waals surface area (Å²) >= 11 is 0. The molecule has 9 nitrogen and oxygen atoms in total. The molecule has 1 aromatic heterocycles. The van der Waals surface area contributed by atoms with Crippen LogP contribution in [0.5, 0.6) is 11.5 Å². The van der Waals surface area contributed by atoms with E-state index in [-0.39, 0.29) is 11.8 Å². The molecule has 2 atom stereocenters. The number of ether oxygens (including phenoxy) is 3. The highest BCUT2D eigenvalue weighted by Gasteiger charge is 2.25. The van der Waals surface area contributed by atoms with E-state index in [1.165, 1.54) is 5.56 Å². The van der Waals surface area contributed by atoms with Gasteiger partial charge in [-0.25, -0.2) is 0 Å². The summed E-state index contributed by atoms with van der Waals surface area (Å²) in [4.78, 5) is 14.8. The van der Waals surface area contributed by atoms with E-state index < -0.39 is 0 Å². The van der Waals surface area contributed by atoms with Crippen molar-refractivity contribution in [2.75, 3.05) is 39.6 Å². The first-order chi connectivity index (χ1) is 15.7. The molecule has 32 heavy (non-hydrogen) atoms. The third kappa shape index (κ3) is 4.73. The standard InChI is InChI=1S/C23H31N5O4/c1-16(10-17-2-3-19-20(11-17)32-15-31-19)13-27-6-4-21-25-26-22(28(21)8-7-27)12-24-23(29)18-5-9-30-14-18/h2-3,11,16,18H,4-10,12-15H2,1H3,(H,24,29). The number of aromatic nitrogens is 3. The first-order valence-electron chi connectivity index (χ1n) is 11.5. The van der Waals surface area contributed by atoms with E-state index in [4.69, 9.17) is 14.2 Å². The predicted octanol–water partition coefficient (Wildman–Crippen LogP) is 1.40. The second-order valence-electron chi connectivity index (χ2n) is 9.01. The minimum Gasteiger partial charge on any atom is -0.454 e. The van der Waals surface area contributed by atoms with Crippen LogP contribution < -0.4 is 14.8 Å². The molecule has 1 amide bonds. The van der Waals surface area contributed by atoms with Crippen molar-refractivity contribution < 1.29 is 19.0 Å².